The molecule has 0 aliphatic carbocycles. The first-order valence-corrected chi connectivity index (χ1v) is 6.41. The van der Waals surface area contributed by atoms with Gasteiger partial charge in [-0.1, -0.05) is 26.2 Å². The van der Waals surface area contributed by atoms with Gasteiger partial charge in [0.05, 0.1) is 12.7 Å². The highest BCUT2D eigenvalue weighted by molar-refractivity contribution is 5.90. The number of pyridine rings is 1. The zero-order chi connectivity index (χ0) is 13.5. The number of carbonyl (C=O) groups excluding carboxylic acids is 1. The Hall–Kier alpha value is -1.58. The van der Waals surface area contributed by atoms with Crippen molar-refractivity contribution in [2.45, 2.75) is 46.0 Å². The van der Waals surface area contributed by atoms with Crippen LogP contribution in [-0.4, -0.2) is 18.1 Å². The number of aromatic nitrogens is 1. The molecule has 0 spiro atoms. The molecule has 0 aliphatic rings. The van der Waals surface area contributed by atoms with Gasteiger partial charge >= 0.3 is 5.97 Å². The van der Waals surface area contributed by atoms with E-state index in [9.17, 15) is 9.59 Å². The summed E-state index contributed by atoms with van der Waals surface area (Å²) in [6.07, 6.45) is 5.13. The van der Waals surface area contributed by atoms with E-state index in [1.165, 1.54) is 13.5 Å². The molecule has 0 unspecified atom stereocenters. The highest BCUT2D eigenvalue weighted by Gasteiger charge is 2.12. The molecule has 1 aromatic heterocycles. The molecule has 0 atom stereocenters. The molecule has 4 nitrogen and oxygen atoms in total. The van der Waals surface area contributed by atoms with Gasteiger partial charge in [0.25, 0.3) is 5.56 Å². The molecular weight excluding hydrogens is 230 g/mol. The zero-order valence-electron chi connectivity index (χ0n) is 11.3. The lowest BCUT2D eigenvalue weighted by Gasteiger charge is -2.06. The summed E-state index contributed by atoms with van der Waals surface area (Å²) in [6.45, 7) is 3.85. The molecule has 1 N–H and O–H groups in total. The lowest BCUT2D eigenvalue weighted by Crippen LogP contribution is -2.18. The molecule has 0 aliphatic heterocycles. The number of rotatable bonds is 6. The van der Waals surface area contributed by atoms with Crippen molar-refractivity contribution in [3.05, 3.63) is 33.2 Å². The van der Waals surface area contributed by atoms with E-state index in [4.69, 9.17) is 4.74 Å². The number of hydrogen-bond donors (Lipinski definition) is 1. The lowest BCUT2D eigenvalue weighted by molar-refractivity contribution is 0.0599. The summed E-state index contributed by atoms with van der Waals surface area (Å²) in [5, 5.41) is 0. The van der Waals surface area contributed by atoms with Crippen molar-refractivity contribution in [1.29, 1.82) is 0 Å². The highest BCUT2D eigenvalue weighted by atomic mass is 16.5. The number of unbranched alkanes of at least 4 members (excludes halogenated alkanes) is 3. The fraction of sp³-hybridized carbons (Fsp3) is 0.571. The second-order valence-electron chi connectivity index (χ2n) is 4.46. The fourth-order valence-electron chi connectivity index (χ4n) is 1.92. The van der Waals surface area contributed by atoms with Crippen molar-refractivity contribution >= 4 is 5.97 Å². The van der Waals surface area contributed by atoms with Crippen molar-refractivity contribution < 1.29 is 9.53 Å². The molecule has 1 rings (SSSR count). The molecule has 1 heterocycles. The van der Waals surface area contributed by atoms with Gasteiger partial charge in [0.2, 0.25) is 0 Å². The predicted molar refractivity (Wildman–Crippen MR) is 71.0 cm³/mol. The van der Waals surface area contributed by atoms with Crippen LogP contribution in [0.25, 0.3) is 0 Å². The molecule has 1 aromatic rings. The van der Waals surface area contributed by atoms with Crippen LogP contribution in [0.2, 0.25) is 0 Å². The van der Waals surface area contributed by atoms with Crippen LogP contribution in [0.5, 0.6) is 0 Å². The van der Waals surface area contributed by atoms with Crippen molar-refractivity contribution in [3.63, 3.8) is 0 Å². The number of aromatic amines is 1. The molecule has 4 heteroatoms. The average Bonchev–Trinajstić information content (AvgIpc) is 2.36. The maximum Gasteiger partial charge on any atom is 0.339 e. The van der Waals surface area contributed by atoms with E-state index in [1.54, 1.807) is 13.0 Å². The normalized spacial score (nSPS) is 10.4. The van der Waals surface area contributed by atoms with E-state index in [0.29, 0.717) is 23.2 Å². The molecule has 0 radical (unpaired) electrons. The summed E-state index contributed by atoms with van der Waals surface area (Å²) in [5.74, 6) is -0.404. The van der Waals surface area contributed by atoms with Crippen molar-refractivity contribution in [2.24, 2.45) is 0 Å². The molecule has 0 amide bonds. The van der Waals surface area contributed by atoms with E-state index in [1.807, 2.05) is 0 Å². The Kier molecular flexibility index (Phi) is 5.62. The molecule has 0 bridgehead atoms. The van der Waals surface area contributed by atoms with Crippen LogP contribution in [0, 0.1) is 6.92 Å². The number of carbonyl (C=O) groups is 1. The smallest absolute Gasteiger partial charge is 0.339 e. The van der Waals surface area contributed by atoms with Gasteiger partial charge in [-0.2, -0.15) is 0 Å². The topological polar surface area (TPSA) is 59.2 Å². The summed E-state index contributed by atoms with van der Waals surface area (Å²) < 4.78 is 4.69. The first-order chi connectivity index (χ1) is 8.60. The SMILES string of the molecule is CCCCCCc1cc(C(=O)OC)c(C)[nH]c1=O. The first kappa shape index (κ1) is 14.5. The van der Waals surface area contributed by atoms with E-state index < -0.39 is 5.97 Å². The maximum atomic E-state index is 11.8. The van der Waals surface area contributed by atoms with Gasteiger partial charge in [-0.15, -0.1) is 0 Å². The first-order valence-electron chi connectivity index (χ1n) is 6.41. The van der Waals surface area contributed by atoms with Crippen LogP contribution in [0.15, 0.2) is 10.9 Å². The fourth-order valence-corrected chi connectivity index (χ4v) is 1.92. The Bertz CT molecular complexity index is 463. The molecule has 18 heavy (non-hydrogen) atoms. The molecule has 0 fully saturated rings. The van der Waals surface area contributed by atoms with Gasteiger partial charge in [0, 0.05) is 11.3 Å². The number of methoxy groups -OCH3 is 1. The van der Waals surface area contributed by atoms with Crippen LogP contribution in [0.3, 0.4) is 0 Å². The van der Waals surface area contributed by atoms with Crippen molar-refractivity contribution in [3.8, 4) is 0 Å². The quantitative estimate of drug-likeness (QED) is 0.624. The highest BCUT2D eigenvalue weighted by Crippen LogP contribution is 2.10. The molecular formula is C14H21NO3. The molecule has 0 saturated carbocycles. The van der Waals surface area contributed by atoms with Gasteiger partial charge in [0.15, 0.2) is 0 Å². The van der Waals surface area contributed by atoms with Gasteiger partial charge in [-0.25, -0.2) is 4.79 Å². The summed E-state index contributed by atoms with van der Waals surface area (Å²) in [6, 6.07) is 1.66. The number of hydrogen-bond acceptors (Lipinski definition) is 3. The van der Waals surface area contributed by atoms with Gasteiger partial charge in [0.1, 0.15) is 0 Å². The Balaban J connectivity index is 2.85. The summed E-state index contributed by atoms with van der Waals surface area (Å²) in [7, 11) is 1.34. The van der Waals surface area contributed by atoms with E-state index in [0.717, 1.165) is 19.3 Å². The van der Waals surface area contributed by atoms with E-state index in [2.05, 4.69) is 11.9 Å². The van der Waals surface area contributed by atoms with Crippen molar-refractivity contribution in [1.82, 2.24) is 4.98 Å². The van der Waals surface area contributed by atoms with Gasteiger partial charge in [-0.3, -0.25) is 4.79 Å². The Morgan fingerprint density at radius 1 is 1.33 bits per heavy atom. The third kappa shape index (κ3) is 3.72. The third-order valence-electron chi connectivity index (χ3n) is 3.02. The molecule has 0 aromatic carbocycles. The predicted octanol–water partition coefficient (Wildman–Crippen LogP) is 2.59. The Morgan fingerprint density at radius 3 is 2.67 bits per heavy atom. The summed E-state index contributed by atoms with van der Waals surface area (Å²) in [4.78, 5) is 26.0. The van der Waals surface area contributed by atoms with Crippen LogP contribution >= 0.6 is 0 Å². The largest absolute Gasteiger partial charge is 0.465 e. The van der Waals surface area contributed by atoms with Gasteiger partial charge < -0.3 is 9.72 Å². The average molecular weight is 251 g/mol. The standard InChI is InChI=1S/C14H21NO3/c1-4-5-6-7-8-11-9-12(14(17)18-3)10(2)15-13(11)16/h9H,4-8H2,1-3H3,(H,15,16). The third-order valence-corrected chi connectivity index (χ3v) is 3.02. The van der Waals surface area contributed by atoms with Crippen LogP contribution in [0.4, 0.5) is 0 Å². The summed E-state index contributed by atoms with van der Waals surface area (Å²) >= 11 is 0. The molecule has 100 valence electrons. The Labute approximate surface area is 107 Å². The lowest BCUT2D eigenvalue weighted by atomic mass is 10.0. The van der Waals surface area contributed by atoms with Crippen molar-refractivity contribution in [2.75, 3.05) is 7.11 Å². The number of H-pyrrole nitrogens is 1. The number of ether oxygens (including phenoxy) is 1. The zero-order valence-corrected chi connectivity index (χ0v) is 11.3. The second-order valence-corrected chi connectivity index (χ2v) is 4.46. The minimum atomic E-state index is -0.404. The van der Waals surface area contributed by atoms with Crippen LogP contribution < -0.4 is 5.56 Å². The maximum absolute atomic E-state index is 11.8. The number of aryl methyl sites for hydroxylation is 2. The van der Waals surface area contributed by atoms with Crippen LogP contribution in [0.1, 0.15) is 54.2 Å². The Morgan fingerprint density at radius 2 is 2.06 bits per heavy atom. The van der Waals surface area contributed by atoms with E-state index >= 15 is 0 Å². The second kappa shape index (κ2) is 6.99. The van der Waals surface area contributed by atoms with E-state index in [-0.39, 0.29) is 5.56 Å². The summed E-state index contributed by atoms with van der Waals surface area (Å²) in [5.41, 5.74) is 1.57. The van der Waals surface area contributed by atoms with Gasteiger partial charge in [-0.05, 0) is 25.8 Å². The number of esters is 1. The monoisotopic (exact) mass is 251 g/mol. The number of nitrogens with one attached hydrogen (secondary N) is 1. The van der Waals surface area contributed by atoms with Crippen LogP contribution in [-0.2, 0) is 11.2 Å². The minimum Gasteiger partial charge on any atom is -0.465 e. The minimum absolute atomic E-state index is 0.100. The molecule has 0 saturated heterocycles.